The van der Waals surface area contributed by atoms with Gasteiger partial charge in [-0.1, -0.05) is 29.3 Å². The van der Waals surface area contributed by atoms with Gasteiger partial charge < -0.3 is 9.73 Å². The van der Waals surface area contributed by atoms with Gasteiger partial charge in [0, 0.05) is 10.6 Å². The number of thiophene rings is 1. The lowest BCUT2D eigenvalue weighted by Crippen LogP contribution is -2.80. The Morgan fingerprint density at radius 3 is 2.71 bits per heavy atom. The van der Waals surface area contributed by atoms with Crippen LogP contribution in [0, 0.1) is 0 Å². The van der Waals surface area contributed by atoms with Crippen molar-refractivity contribution in [2.24, 2.45) is 0 Å². The quantitative estimate of drug-likeness (QED) is 0.725. The van der Waals surface area contributed by atoms with Crippen LogP contribution in [-0.2, 0) is 13.1 Å². The van der Waals surface area contributed by atoms with Crippen molar-refractivity contribution in [2.45, 2.75) is 13.1 Å². The summed E-state index contributed by atoms with van der Waals surface area (Å²) in [5.74, 6) is 1.71. The third-order valence-corrected chi connectivity index (χ3v) is 4.58. The predicted molar refractivity (Wildman–Crippen MR) is 87.8 cm³/mol. The van der Waals surface area contributed by atoms with Gasteiger partial charge in [0.15, 0.2) is 5.76 Å². The summed E-state index contributed by atoms with van der Waals surface area (Å²) in [4.78, 5) is 1.36. The molecule has 5 heteroatoms. The van der Waals surface area contributed by atoms with Crippen molar-refractivity contribution >= 4 is 34.5 Å². The van der Waals surface area contributed by atoms with E-state index in [0.29, 0.717) is 10.0 Å². The maximum Gasteiger partial charge on any atom is 0.158 e. The smallest absolute Gasteiger partial charge is 0.158 e. The van der Waals surface area contributed by atoms with E-state index in [1.165, 1.54) is 4.88 Å². The van der Waals surface area contributed by atoms with Gasteiger partial charge in [-0.25, -0.2) is 0 Å². The van der Waals surface area contributed by atoms with Crippen LogP contribution in [0.2, 0.25) is 10.0 Å². The molecule has 0 aliphatic heterocycles. The molecule has 2 heterocycles. The molecule has 2 nitrogen and oxygen atoms in total. The van der Waals surface area contributed by atoms with Crippen molar-refractivity contribution in [1.29, 1.82) is 0 Å². The number of furan rings is 1. The molecule has 2 aromatic heterocycles. The highest BCUT2D eigenvalue weighted by Crippen LogP contribution is 2.31. The number of quaternary nitrogens is 1. The van der Waals surface area contributed by atoms with Gasteiger partial charge in [-0.2, -0.15) is 0 Å². The Morgan fingerprint density at radius 2 is 1.95 bits per heavy atom. The molecular formula is C16H14Cl2NOS+. The molecule has 3 rings (SSSR count). The summed E-state index contributed by atoms with van der Waals surface area (Å²) in [6.45, 7) is 1.78. The van der Waals surface area contributed by atoms with Gasteiger partial charge in [-0.05, 0) is 41.8 Å². The molecule has 0 aliphatic rings. The molecular weight excluding hydrogens is 325 g/mol. The molecule has 2 N–H and O–H groups in total. The maximum absolute atomic E-state index is 6.19. The Hall–Kier alpha value is -1.26. The molecule has 0 radical (unpaired) electrons. The van der Waals surface area contributed by atoms with E-state index < -0.39 is 0 Å². The Bertz CT molecular complexity index is 722. The highest BCUT2D eigenvalue weighted by atomic mass is 35.5. The Labute approximate surface area is 137 Å². The monoisotopic (exact) mass is 338 g/mol. The fourth-order valence-electron chi connectivity index (χ4n) is 2.11. The van der Waals surface area contributed by atoms with Gasteiger partial charge in [0.2, 0.25) is 0 Å². The summed E-state index contributed by atoms with van der Waals surface area (Å²) in [5.41, 5.74) is 0.866. The topological polar surface area (TPSA) is 29.8 Å². The summed E-state index contributed by atoms with van der Waals surface area (Å²) in [5, 5.41) is 5.54. The fourth-order valence-corrected chi connectivity index (χ4v) is 3.31. The van der Waals surface area contributed by atoms with Crippen molar-refractivity contribution in [3.8, 4) is 11.3 Å². The minimum absolute atomic E-state index is 0.603. The van der Waals surface area contributed by atoms with Crippen LogP contribution in [0.15, 0.2) is 52.3 Å². The van der Waals surface area contributed by atoms with Crippen molar-refractivity contribution in [1.82, 2.24) is 0 Å². The first-order valence-corrected chi connectivity index (χ1v) is 8.24. The summed E-state index contributed by atoms with van der Waals surface area (Å²) in [6, 6.07) is 13.6. The van der Waals surface area contributed by atoms with Crippen LogP contribution in [0.25, 0.3) is 11.3 Å². The van der Waals surface area contributed by atoms with Gasteiger partial charge in [0.05, 0.1) is 9.90 Å². The second-order valence-electron chi connectivity index (χ2n) is 4.67. The lowest BCUT2D eigenvalue weighted by molar-refractivity contribution is -0.687. The Balaban J connectivity index is 1.65. The van der Waals surface area contributed by atoms with Gasteiger partial charge in [-0.3, -0.25) is 0 Å². The first kappa shape index (κ1) is 14.7. The molecule has 0 aliphatic carbocycles. The summed E-state index contributed by atoms with van der Waals surface area (Å²) in [7, 11) is 0. The number of benzene rings is 1. The lowest BCUT2D eigenvalue weighted by atomic mass is 10.2. The molecule has 0 saturated carbocycles. The van der Waals surface area contributed by atoms with Gasteiger partial charge >= 0.3 is 0 Å². The fraction of sp³-hybridized carbons (Fsp3) is 0.125. The SMILES string of the molecule is Clc1ccc(-c2ccc(C[NH2+]Cc3cccs3)o2)c(Cl)c1. The van der Waals surface area contributed by atoms with Crippen LogP contribution in [0.3, 0.4) is 0 Å². The van der Waals surface area contributed by atoms with E-state index in [0.717, 1.165) is 30.2 Å². The van der Waals surface area contributed by atoms with Crippen LogP contribution in [-0.4, -0.2) is 0 Å². The summed E-state index contributed by atoms with van der Waals surface area (Å²) >= 11 is 13.9. The minimum atomic E-state index is 0.603. The van der Waals surface area contributed by atoms with E-state index in [9.17, 15) is 0 Å². The number of halogens is 2. The highest BCUT2D eigenvalue weighted by molar-refractivity contribution is 7.09. The first-order valence-electron chi connectivity index (χ1n) is 6.60. The number of hydrogen-bond donors (Lipinski definition) is 1. The third-order valence-electron chi connectivity index (χ3n) is 3.13. The van der Waals surface area contributed by atoms with Crippen LogP contribution < -0.4 is 5.32 Å². The average molecular weight is 339 g/mol. The molecule has 0 bridgehead atoms. The van der Waals surface area contributed by atoms with E-state index in [2.05, 4.69) is 22.8 Å². The van der Waals surface area contributed by atoms with Crippen molar-refractivity contribution < 1.29 is 9.73 Å². The zero-order valence-corrected chi connectivity index (χ0v) is 13.5. The lowest BCUT2D eigenvalue weighted by Gasteiger charge is -2.01. The van der Waals surface area contributed by atoms with Gasteiger partial charge in [0.25, 0.3) is 0 Å². The van der Waals surface area contributed by atoms with E-state index in [4.69, 9.17) is 27.6 Å². The normalized spacial score (nSPS) is 11.0. The molecule has 0 saturated heterocycles. The molecule has 1 aromatic carbocycles. The van der Waals surface area contributed by atoms with Crippen LogP contribution in [0.4, 0.5) is 0 Å². The molecule has 0 amide bonds. The van der Waals surface area contributed by atoms with Crippen molar-refractivity contribution in [2.75, 3.05) is 0 Å². The Morgan fingerprint density at radius 1 is 1.05 bits per heavy atom. The molecule has 0 unspecified atom stereocenters. The number of nitrogens with two attached hydrogens (primary N) is 1. The standard InChI is InChI=1S/C16H13Cl2NOS/c17-11-3-5-14(15(18)8-11)16-6-4-12(20-16)9-19-10-13-2-1-7-21-13/h1-8,19H,9-10H2/p+1. The van der Waals surface area contributed by atoms with E-state index in [1.54, 1.807) is 17.4 Å². The van der Waals surface area contributed by atoms with Gasteiger partial charge in [0.1, 0.15) is 18.8 Å². The van der Waals surface area contributed by atoms with E-state index >= 15 is 0 Å². The zero-order chi connectivity index (χ0) is 14.7. The van der Waals surface area contributed by atoms with Crippen molar-refractivity contribution in [3.05, 3.63) is 68.5 Å². The van der Waals surface area contributed by atoms with Crippen LogP contribution >= 0.6 is 34.5 Å². The second kappa shape index (κ2) is 6.67. The third kappa shape index (κ3) is 3.69. The molecule has 3 aromatic rings. The minimum Gasteiger partial charge on any atom is -0.455 e. The molecule has 0 atom stereocenters. The molecule has 0 spiro atoms. The number of hydrogen-bond acceptors (Lipinski definition) is 2. The van der Waals surface area contributed by atoms with E-state index in [1.807, 2.05) is 24.3 Å². The summed E-state index contributed by atoms with van der Waals surface area (Å²) < 4.78 is 5.85. The zero-order valence-electron chi connectivity index (χ0n) is 11.2. The largest absolute Gasteiger partial charge is 0.455 e. The Kier molecular flexibility index (Phi) is 4.66. The average Bonchev–Trinajstić information content (AvgIpc) is 3.10. The van der Waals surface area contributed by atoms with Crippen molar-refractivity contribution in [3.63, 3.8) is 0 Å². The summed E-state index contributed by atoms with van der Waals surface area (Å²) in [6.07, 6.45) is 0. The molecule has 0 fully saturated rings. The van der Waals surface area contributed by atoms with E-state index in [-0.39, 0.29) is 0 Å². The second-order valence-corrected chi connectivity index (χ2v) is 6.54. The molecule has 21 heavy (non-hydrogen) atoms. The molecule has 108 valence electrons. The first-order chi connectivity index (χ1) is 10.2. The number of rotatable bonds is 5. The van der Waals surface area contributed by atoms with Crippen LogP contribution in [0.1, 0.15) is 10.6 Å². The predicted octanol–water partition coefficient (Wildman–Crippen LogP) is 4.58. The van der Waals surface area contributed by atoms with Crippen LogP contribution in [0.5, 0.6) is 0 Å². The maximum atomic E-state index is 6.19. The highest BCUT2D eigenvalue weighted by Gasteiger charge is 2.10. The van der Waals surface area contributed by atoms with Gasteiger partial charge in [-0.15, -0.1) is 11.3 Å².